The number of rotatable bonds is 4. The molecule has 0 saturated heterocycles. The Labute approximate surface area is 102 Å². The van der Waals surface area contributed by atoms with Gasteiger partial charge in [0.25, 0.3) is 10.0 Å². The molecular weight excluding hydrogens is 238 g/mol. The largest absolute Gasteiger partial charge is 0.274 e. The van der Waals surface area contributed by atoms with Gasteiger partial charge in [-0.3, -0.25) is 4.79 Å². The van der Waals surface area contributed by atoms with Gasteiger partial charge in [-0.15, -0.1) is 0 Å². The van der Waals surface area contributed by atoms with Crippen molar-refractivity contribution < 1.29 is 13.2 Å². The summed E-state index contributed by atoms with van der Waals surface area (Å²) in [5.74, 6) is -0.250. The standard InChI is InChI=1S/C12H17NO3S/c1-10(2)9-12(14)13(3)17(15,16)11-7-5-4-6-8-11/h4-8,10H,9H2,1-3H3. The number of amides is 1. The van der Waals surface area contributed by atoms with Crippen LogP contribution < -0.4 is 0 Å². The van der Waals surface area contributed by atoms with Crippen LogP contribution in [0.1, 0.15) is 20.3 Å². The summed E-state index contributed by atoms with van der Waals surface area (Å²) in [6, 6.07) is 7.96. The summed E-state index contributed by atoms with van der Waals surface area (Å²) in [5, 5.41) is 0. The molecule has 0 aromatic heterocycles. The molecule has 1 aromatic rings. The maximum absolute atomic E-state index is 12.1. The summed E-state index contributed by atoms with van der Waals surface area (Å²) in [5.41, 5.74) is 0. The Kier molecular flexibility index (Phi) is 4.28. The average molecular weight is 255 g/mol. The van der Waals surface area contributed by atoms with Crippen molar-refractivity contribution in [3.05, 3.63) is 30.3 Å². The highest BCUT2D eigenvalue weighted by molar-refractivity contribution is 7.89. The van der Waals surface area contributed by atoms with Gasteiger partial charge in [0.05, 0.1) is 4.90 Å². The summed E-state index contributed by atoms with van der Waals surface area (Å²) in [7, 11) is -2.40. The number of nitrogens with zero attached hydrogens (tertiary/aromatic N) is 1. The maximum atomic E-state index is 12.1. The van der Waals surface area contributed by atoms with Gasteiger partial charge in [0.2, 0.25) is 5.91 Å². The minimum absolute atomic E-state index is 0.135. The molecule has 94 valence electrons. The van der Waals surface area contributed by atoms with E-state index in [0.29, 0.717) is 0 Å². The molecule has 0 radical (unpaired) electrons. The fourth-order valence-electron chi connectivity index (χ4n) is 1.36. The third-order valence-electron chi connectivity index (χ3n) is 2.34. The van der Waals surface area contributed by atoms with Crippen LogP contribution >= 0.6 is 0 Å². The predicted molar refractivity (Wildman–Crippen MR) is 65.9 cm³/mol. The van der Waals surface area contributed by atoms with Crippen LogP contribution in [0.2, 0.25) is 0 Å². The molecule has 0 bridgehead atoms. The van der Waals surface area contributed by atoms with Crippen LogP contribution in [0.3, 0.4) is 0 Å². The number of hydrogen-bond donors (Lipinski definition) is 0. The summed E-state index contributed by atoms with van der Waals surface area (Å²) >= 11 is 0. The fraction of sp³-hybridized carbons (Fsp3) is 0.417. The fourth-order valence-corrected chi connectivity index (χ4v) is 2.52. The summed E-state index contributed by atoms with van der Waals surface area (Å²) < 4.78 is 24.9. The summed E-state index contributed by atoms with van der Waals surface area (Å²) in [4.78, 5) is 11.9. The van der Waals surface area contributed by atoms with Crippen LogP contribution in [0.5, 0.6) is 0 Å². The topological polar surface area (TPSA) is 54.5 Å². The molecule has 0 spiro atoms. The van der Waals surface area contributed by atoms with Crippen molar-refractivity contribution in [1.82, 2.24) is 4.31 Å². The van der Waals surface area contributed by atoms with Crippen LogP contribution in [-0.2, 0) is 14.8 Å². The molecule has 5 heteroatoms. The molecular formula is C12H17NO3S. The van der Waals surface area contributed by atoms with E-state index in [1.54, 1.807) is 18.2 Å². The normalized spacial score (nSPS) is 11.5. The van der Waals surface area contributed by atoms with Crippen molar-refractivity contribution in [3.8, 4) is 0 Å². The van der Waals surface area contributed by atoms with Crippen LogP contribution in [0.15, 0.2) is 35.2 Å². The highest BCUT2D eigenvalue weighted by Crippen LogP contribution is 2.15. The van der Waals surface area contributed by atoms with Gasteiger partial charge >= 0.3 is 0 Å². The molecule has 0 unspecified atom stereocenters. The van der Waals surface area contributed by atoms with Crippen LogP contribution in [0, 0.1) is 5.92 Å². The van der Waals surface area contributed by atoms with Gasteiger partial charge in [-0.1, -0.05) is 32.0 Å². The quantitative estimate of drug-likeness (QED) is 0.825. The van der Waals surface area contributed by atoms with E-state index in [1.165, 1.54) is 19.2 Å². The van der Waals surface area contributed by atoms with E-state index in [-0.39, 0.29) is 23.1 Å². The van der Waals surface area contributed by atoms with Crippen molar-refractivity contribution in [2.45, 2.75) is 25.2 Å². The second-order valence-corrected chi connectivity index (χ2v) is 6.25. The zero-order chi connectivity index (χ0) is 13.1. The lowest BCUT2D eigenvalue weighted by atomic mass is 10.1. The van der Waals surface area contributed by atoms with Crippen molar-refractivity contribution in [2.75, 3.05) is 7.05 Å². The Morgan fingerprint density at radius 3 is 2.24 bits per heavy atom. The molecule has 1 rings (SSSR count). The first-order valence-corrected chi connectivity index (χ1v) is 6.86. The predicted octanol–water partition coefficient (Wildman–Crippen LogP) is 1.88. The Balaban J connectivity index is 2.96. The summed E-state index contributed by atoms with van der Waals surface area (Å²) in [6.45, 7) is 3.75. The molecule has 0 atom stereocenters. The van der Waals surface area contributed by atoms with E-state index in [0.717, 1.165) is 4.31 Å². The number of carbonyl (C=O) groups excluding carboxylic acids is 1. The third-order valence-corrected chi connectivity index (χ3v) is 4.13. The van der Waals surface area contributed by atoms with Gasteiger partial charge in [-0.25, -0.2) is 12.7 Å². The molecule has 0 saturated carbocycles. The number of carbonyl (C=O) groups is 1. The van der Waals surface area contributed by atoms with E-state index in [4.69, 9.17) is 0 Å². The van der Waals surface area contributed by atoms with E-state index < -0.39 is 10.0 Å². The lowest BCUT2D eigenvalue weighted by Crippen LogP contribution is -2.33. The number of benzene rings is 1. The minimum Gasteiger partial charge on any atom is -0.274 e. The summed E-state index contributed by atoms with van der Waals surface area (Å²) in [6.07, 6.45) is 0.225. The van der Waals surface area contributed by atoms with Crippen molar-refractivity contribution in [1.29, 1.82) is 0 Å². The zero-order valence-corrected chi connectivity index (χ0v) is 11.1. The maximum Gasteiger partial charge on any atom is 0.266 e. The number of sulfonamides is 1. The van der Waals surface area contributed by atoms with Crippen LogP contribution in [-0.4, -0.2) is 25.7 Å². The molecule has 0 heterocycles. The Morgan fingerprint density at radius 2 is 1.76 bits per heavy atom. The molecule has 0 N–H and O–H groups in total. The Bertz CT molecular complexity index is 480. The molecule has 0 aliphatic heterocycles. The molecule has 17 heavy (non-hydrogen) atoms. The van der Waals surface area contributed by atoms with E-state index in [2.05, 4.69) is 0 Å². The molecule has 4 nitrogen and oxygen atoms in total. The van der Waals surface area contributed by atoms with Gasteiger partial charge < -0.3 is 0 Å². The van der Waals surface area contributed by atoms with E-state index in [1.807, 2.05) is 13.8 Å². The SMILES string of the molecule is CC(C)CC(=O)N(C)S(=O)(=O)c1ccccc1. The van der Waals surface area contributed by atoms with Crippen molar-refractivity contribution in [3.63, 3.8) is 0 Å². The van der Waals surface area contributed by atoms with Crippen LogP contribution in [0.25, 0.3) is 0 Å². The lowest BCUT2D eigenvalue weighted by molar-refractivity contribution is -0.126. The lowest BCUT2D eigenvalue weighted by Gasteiger charge is -2.18. The average Bonchev–Trinajstić information content (AvgIpc) is 2.28. The second-order valence-electron chi connectivity index (χ2n) is 4.28. The smallest absolute Gasteiger partial charge is 0.266 e. The van der Waals surface area contributed by atoms with Gasteiger partial charge in [-0.05, 0) is 18.1 Å². The Morgan fingerprint density at radius 1 is 1.24 bits per heavy atom. The molecule has 0 aliphatic rings. The third kappa shape index (κ3) is 3.30. The molecule has 0 aliphatic carbocycles. The van der Waals surface area contributed by atoms with Gasteiger partial charge in [0.1, 0.15) is 0 Å². The minimum atomic E-state index is -3.70. The van der Waals surface area contributed by atoms with Gasteiger partial charge in [-0.2, -0.15) is 0 Å². The Hall–Kier alpha value is -1.36. The first kappa shape index (κ1) is 13.7. The number of hydrogen-bond acceptors (Lipinski definition) is 3. The van der Waals surface area contributed by atoms with Crippen molar-refractivity contribution in [2.24, 2.45) is 5.92 Å². The zero-order valence-electron chi connectivity index (χ0n) is 10.3. The van der Waals surface area contributed by atoms with E-state index >= 15 is 0 Å². The highest BCUT2D eigenvalue weighted by Gasteiger charge is 2.25. The van der Waals surface area contributed by atoms with Gasteiger partial charge in [0.15, 0.2) is 0 Å². The second kappa shape index (κ2) is 5.31. The monoisotopic (exact) mass is 255 g/mol. The first-order chi connectivity index (χ1) is 7.85. The van der Waals surface area contributed by atoms with Crippen molar-refractivity contribution >= 4 is 15.9 Å². The highest BCUT2D eigenvalue weighted by atomic mass is 32.2. The van der Waals surface area contributed by atoms with E-state index in [9.17, 15) is 13.2 Å². The van der Waals surface area contributed by atoms with Crippen LogP contribution in [0.4, 0.5) is 0 Å². The first-order valence-electron chi connectivity index (χ1n) is 5.42. The molecule has 0 fully saturated rings. The molecule has 1 amide bonds. The molecule has 1 aromatic carbocycles. The van der Waals surface area contributed by atoms with Gasteiger partial charge in [0, 0.05) is 13.5 Å².